The Morgan fingerprint density at radius 3 is 2.69 bits per heavy atom. The maximum atomic E-state index is 15.0. The van der Waals surface area contributed by atoms with Crippen LogP contribution in [0.2, 0.25) is 0 Å². The highest BCUT2D eigenvalue weighted by Gasteiger charge is 2.58. The number of carbonyl (C=O) groups is 1. The normalized spacial score (nSPS) is 30.2. The first kappa shape index (κ1) is 29.5. The van der Waals surface area contributed by atoms with Crippen molar-refractivity contribution in [3.05, 3.63) is 42.1 Å². The van der Waals surface area contributed by atoms with Crippen LogP contribution >= 0.6 is 0 Å². The first-order chi connectivity index (χ1) is 19.8. The summed E-state index contributed by atoms with van der Waals surface area (Å²) in [5.41, 5.74) is 1.39. The van der Waals surface area contributed by atoms with Crippen LogP contribution in [0.15, 0.2) is 30.7 Å². The number of aromatic nitrogens is 2. The number of rotatable bonds is 10. The summed E-state index contributed by atoms with van der Waals surface area (Å²) in [4.78, 5) is 16.1. The quantitative estimate of drug-likeness (QED) is 0.345. The van der Waals surface area contributed by atoms with Gasteiger partial charge in [0.2, 0.25) is 0 Å². The van der Waals surface area contributed by atoms with Crippen molar-refractivity contribution in [2.24, 2.45) is 23.2 Å². The molecular formula is C30H41FN4O6S. The first-order valence-corrected chi connectivity index (χ1v) is 16.4. The van der Waals surface area contributed by atoms with Gasteiger partial charge in [0.15, 0.2) is 0 Å². The van der Waals surface area contributed by atoms with E-state index < -0.39 is 28.0 Å². The van der Waals surface area contributed by atoms with Crippen LogP contribution in [0.5, 0.6) is 0 Å². The van der Waals surface area contributed by atoms with E-state index in [1.807, 2.05) is 15.4 Å². The average molecular weight is 605 g/mol. The number of hydrogen-bond acceptors (Lipinski definition) is 7. The molecule has 4 aliphatic carbocycles. The van der Waals surface area contributed by atoms with Crippen molar-refractivity contribution < 1.29 is 32.2 Å². The standard InChI is InChI=1S/C30H41FN4O6S/c1-29(2,3)41-28(37)34-42(38,39)33-8-5-9-40-27-19-10-18-11-20(27)15-30(13-18,14-19)25(36)12-23-26-21(6-4-7-22(26)31)24-16-32-17-35(23)24/h4,6-7,16-20,23,25,27,33,36H,5,8-15H2,1-3H3,(H,34,37). The minimum Gasteiger partial charge on any atom is -0.443 e. The fraction of sp³-hybridized carbons (Fsp3) is 0.667. The number of nitrogens with one attached hydrogen (secondary N) is 2. The number of carbonyl (C=O) groups excluding carboxylic acids is 1. The van der Waals surface area contributed by atoms with Gasteiger partial charge in [0.05, 0.1) is 36.5 Å². The van der Waals surface area contributed by atoms with E-state index in [2.05, 4.69) is 9.71 Å². The van der Waals surface area contributed by atoms with Gasteiger partial charge < -0.3 is 19.1 Å². The second-order valence-corrected chi connectivity index (χ2v) is 15.2. The number of amides is 1. The zero-order valence-corrected chi connectivity index (χ0v) is 25.2. The Bertz CT molecular complexity index is 1420. The molecule has 3 N–H and O–H groups in total. The van der Waals surface area contributed by atoms with Gasteiger partial charge in [-0.3, -0.25) is 0 Å². The topological polar surface area (TPSA) is 132 Å². The van der Waals surface area contributed by atoms with Gasteiger partial charge >= 0.3 is 16.3 Å². The van der Waals surface area contributed by atoms with E-state index in [1.54, 1.807) is 39.4 Å². The molecule has 230 valence electrons. The summed E-state index contributed by atoms with van der Waals surface area (Å²) in [6.07, 6.45) is 7.82. The van der Waals surface area contributed by atoms with Crippen LogP contribution in [-0.4, -0.2) is 60.1 Å². The molecule has 5 aliphatic rings. The smallest absolute Gasteiger partial charge is 0.422 e. The largest absolute Gasteiger partial charge is 0.443 e. The van der Waals surface area contributed by atoms with Crippen LogP contribution in [0.4, 0.5) is 9.18 Å². The molecule has 0 radical (unpaired) electrons. The molecule has 42 heavy (non-hydrogen) atoms. The van der Waals surface area contributed by atoms with Crippen molar-refractivity contribution in [3.8, 4) is 11.3 Å². The van der Waals surface area contributed by atoms with Crippen LogP contribution in [0, 0.1) is 29.0 Å². The van der Waals surface area contributed by atoms with Crippen molar-refractivity contribution in [1.82, 2.24) is 19.0 Å². The molecule has 2 heterocycles. The zero-order valence-electron chi connectivity index (χ0n) is 24.4. The Hall–Kier alpha value is -2.54. The number of aliphatic hydroxyl groups excluding tert-OH is 1. The molecule has 0 saturated heterocycles. The van der Waals surface area contributed by atoms with Crippen LogP contribution in [0.3, 0.4) is 0 Å². The van der Waals surface area contributed by atoms with Gasteiger partial charge in [-0.25, -0.2) is 18.9 Å². The Morgan fingerprint density at radius 1 is 1.24 bits per heavy atom. The maximum Gasteiger partial charge on any atom is 0.422 e. The number of halogens is 1. The molecule has 4 fully saturated rings. The number of imidazole rings is 1. The van der Waals surface area contributed by atoms with E-state index in [4.69, 9.17) is 9.47 Å². The van der Waals surface area contributed by atoms with E-state index in [1.165, 1.54) is 6.07 Å². The lowest BCUT2D eigenvalue weighted by molar-refractivity contribution is -0.189. The number of fused-ring (bicyclic) bond motifs is 3. The summed E-state index contributed by atoms with van der Waals surface area (Å²) in [6.45, 7) is 5.49. The zero-order chi connectivity index (χ0) is 29.9. The third-order valence-electron chi connectivity index (χ3n) is 9.59. The molecule has 2 aromatic rings. The predicted octanol–water partition coefficient (Wildman–Crippen LogP) is 4.30. The number of hydrogen-bond donors (Lipinski definition) is 3. The summed E-state index contributed by atoms with van der Waals surface area (Å²) in [5.74, 6) is 0.995. The Labute approximate surface area is 246 Å². The van der Waals surface area contributed by atoms with Crippen molar-refractivity contribution in [2.45, 2.75) is 89.6 Å². The van der Waals surface area contributed by atoms with Crippen molar-refractivity contribution in [2.75, 3.05) is 13.2 Å². The summed E-state index contributed by atoms with van der Waals surface area (Å²) in [7, 11) is -4.03. The van der Waals surface area contributed by atoms with Gasteiger partial charge in [-0.15, -0.1) is 0 Å². The molecular weight excluding hydrogens is 563 g/mol. The van der Waals surface area contributed by atoms with Crippen LogP contribution in [-0.2, 0) is 19.7 Å². The molecule has 4 unspecified atom stereocenters. The molecule has 0 spiro atoms. The fourth-order valence-corrected chi connectivity index (χ4v) is 9.10. The van der Waals surface area contributed by atoms with Crippen molar-refractivity contribution in [3.63, 3.8) is 0 Å². The Morgan fingerprint density at radius 2 is 1.98 bits per heavy atom. The molecule has 4 saturated carbocycles. The fourth-order valence-electron chi connectivity index (χ4n) is 8.36. The van der Waals surface area contributed by atoms with Crippen molar-refractivity contribution >= 4 is 16.3 Å². The second kappa shape index (κ2) is 10.9. The SMILES string of the molecule is CC(C)(C)OC(=O)NS(=O)(=O)NCCCOC1C2CC3CC1CC(C(O)CC1c4c(F)cccc4-c4cncn41)(C3)C2. The molecule has 4 atom stereocenters. The van der Waals surface area contributed by atoms with Gasteiger partial charge in [0, 0.05) is 24.3 Å². The third-order valence-corrected chi connectivity index (χ3v) is 10.6. The molecule has 1 aromatic carbocycles. The monoisotopic (exact) mass is 604 g/mol. The van der Waals surface area contributed by atoms with Gasteiger partial charge in [-0.05, 0) is 95.0 Å². The van der Waals surface area contributed by atoms with E-state index in [0.29, 0.717) is 42.8 Å². The van der Waals surface area contributed by atoms with Gasteiger partial charge in [-0.1, -0.05) is 12.1 Å². The number of aliphatic hydroxyl groups is 1. The highest BCUT2D eigenvalue weighted by atomic mass is 32.2. The number of nitrogens with zero attached hydrogens (tertiary/aromatic N) is 2. The Kier molecular flexibility index (Phi) is 7.64. The summed E-state index contributed by atoms with van der Waals surface area (Å²) in [5, 5.41) is 11.8. The van der Waals surface area contributed by atoms with Gasteiger partial charge in [0.1, 0.15) is 11.4 Å². The molecule has 1 aliphatic heterocycles. The first-order valence-electron chi connectivity index (χ1n) is 14.9. The van der Waals surface area contributed by atoms with E-state index in [0.717, 1.165) is 43.4 Å². The molecule has 12 heteroatoms. The van der Waals surface area contributed by atoms with Crippen molar-refractivity contribution in [1.29, 1.82) is 0 Å². The van der Waals surface area contributed by atoms with E-state index >= 15 is 4.39 Å². The molecule has 10 nitrogen and oxygen atoms in total. The highest BCUT2D eigenvalue weighted by molar-refractivity contribution is 7.88. The third kappa shape index (κ3) is 5.70. The highest BCUT2D eigenvalue weighted by Crippen LogP contribution is 2.63. The van der Waals surface area contributed by atoms with Crippen LogP contribution in [0.25, 0.3) is 11.3 Å². The lowest BCUT2D eigenvalue weighted by atomic mass is 9.46. The molecule has 1 aromatic heterocycles. The number of benzene rings is 1. The summed E-state index contributed by atoms with van der Waals surface area (Å²) in [6, 6.07) is 4.86. The van der Waals surface area contributed by atoms with Gasteiger partial charge in [0.25, 0.3) is 0 Å². The van der Waals surface area contributed by atoms with E-state index in [-0.39, 0.29) is 29.9 Å². The molecule has 1 amide bonds. The molecule has 7 rings (SSSR count). The van der Waals surface area contributed by atoms with Crippen LogP contribution < -0.4 is 9.44 Å². The van der Waals surface area contributed by atoms with Crippen LogP contribution in [0.1, 0.15) is 77.3 Å². The average Bonchev–Trinajstić information content (AvgIpc) is 3.46. The summed E-state index contributed by atoms with van der Waals surface area (Å²) < 4.78 is 56.9. The molecule has 4 bridgehead atoms. The Balaban J connectivity index is 1.03. The second-order valence-electron chi connectivity index (χ2n) is 13.7. The maximum absolute atomic E-state index is 15.0. The minimum atomic E-state index is -4.03. The lowest BCUT2D eigenvalue weighted by Gasteiger charge is -2.61. The minimum absolute atomic E-state index is 0.0864. The summed E-state index contributed by atoms with van der Waals surface area (Å²) >= 11 is 0. The van der Waals surface area contributed by atoms with E-state index in [9.17, 15) is 18.3 Å². The predicted molar refractivity (Wildman–Crippen MR) is 153 cm³/mol. The lowest BCUT2D eigenvalue weighted by Crippen LogP contribution is -2.58. The van der Waals surface area contributed by atoms with Gasteiger partial charge in [-0.2, -0.15) is 13.1 Å². The number of ether oxygens (including phenoxy) is 2.